The molecule has 3 aromatic rings. The quantitative estimate of drug-likeness (QED) is 0.273. The number of rotatable bonds is 13. The number of amides is 2. The second-order valence-corrected chi connectivity index (χ2v) is 12.2. The molecule has 3 aromatic carbocycles. The monoisotopic (exact) mass is 619 g/mol. The number of methoxy groups -OCH3 is 1. The lowest BCUT2D eigenvalue weighted by atomic mass is 10.1. The van der Waals surface area contributed by atoms with Crippen molar-refractivity contribution in [3.63, 3.8) is 0 Å². The highest BCUT2D eigenvalue weighted by molar-refractivity contribution is 7.92. The number of nitrogens with zero attached hydrogens (tertiary/aromatic N) is 2. The number of carbonyl (C=O) groups is 2. The molecule has 1 atom stereocenters. The van der Waals surface area contributed by atoms with Crippen LogP contribution in [0, 0.1) is 5.92 Å². The molecule has 12 heteroatoms. The summed E-state index contributed by atoms with van der Waals surface area (Å²) in [6, 6.07) is 16.8. The smallest absolute Gasteiger partial charge is 0.416 e. The zero-order chi connectivity index (χ0) is 31.8. The fourth-order valence-electron chi connectivity index (χ4n) is 4.40. The van der Waals surface area contributed by atoms with E-state index in [1.807, 2.05) is 13.8 Å². The summed E-state index contributed by atoms with van der Waals surface area (Å²) in [5.74, 6) is -0.550. The first-order valence-electron chi connectivity index (χ1n) is 13.7. The lowest BCUT2D eigenvalue weighted by molar-refractivity contribution is -0.140. The molecule has 8 nitrogen and oxygen atoms in total. The molecule has 0 heterocycles. The first-order chi connectivity index (χ1) is 20.3. The van der Waals surface area contributed by atoms with E-state index in [2.05, 4.69) is 5.32 Å². The molecule has 0 bridgehead atoms. The molecule has 0 aliphatic heterocycles. The maximum Gasteiger partial charge on any atom is 0.416 e. The Bertz CT molecular complexity index is 1500. The number of alkyl halides is 3. The highest BCUT2D eigenvalue weighted by atomic mass is 32.2. The number of anilines is 1. The van der Waals surface area contributed by atoms with Gasteiger partial charge in [0.2, 0.25) is 11.8 Å². The topological polar surface area (TPSA) is 96.0 Å². The second kappa shape index (κ2) is 14.4. The Kier molecular flexibility index (Phi) is 11.2. The first kappa shape index (κ1) is 33.4. The molecule has 0 fully saturated rings. The SMILES string of the molecule is CC[C@H](C(=O)NCC(C)C)N(Cc1cccc(OC)c1)C(=O)CN(c1cccc(C(F)(F)F)c1)S(=O)(=O)c1ccccc1. The van der Waals surface area contributed by atoms with Crippen LogP contribution < -0.4 is 14.4 Å². The van der Waals surface area contributed by atoms with Gasteiger partial charge >= 0.3 is 6.18 Å². The highest BCUT2D eigenvalue weighted by Crippen LogP contribution is 2.33. The molecular formula is C31H36F3N3O5S. The van der Waals surface area contributed by atoms with Gasteiger partial charge < -0.3 is 15.0 Å². The third-order valence-electron chi connectivity index (χ3n) is 6.63. The van der Waals surface area contributed by atoms with Gasteiger partial charge in [0.1, 0.15) is 18.3 Å². The molecule has 0 radical (unpaired) electrons. The van der Waals surface area contributed by atoms with Crippen LogP contribution in [0.2, 0.25) is 0 Å². The Morgan fingerprint density at radius 3 is 2.23 bits per heavy atom. The van der Waals surface area contributed by atoms with Crippen LogP contribution in [0.1, 0.15) is 38.3 Å². The van der Waals surface area contributed by atoms with Gasteiger partial charge in [0.25, 0.3) is 10.0 Å². The Morgan fingerprint density at radius 2 is 1.63 bits per heavy atom. The predicted molar refractivity (Wildman–Crippen MR) is 158 cm³/mol. The second-order valence-electron chi connectivity index (χ2n) is 10.3. The van der Waals surface area contributed by atoms with Gasteiger partial charge in [0, 0.05) is 13.1 Å². The van der Waals surface area contributed by atoms with Gasteiger partial charge in [-0.2, -0.15) is 13.2 Å². The van der Waals surface area contributed by atoms with Crippen LogP contribution in [-0.2, 0) is 32.3 Å². The number of hydrogen-bond donors (Lipinski definition) is 1. The van der Waals surface area contributed by atoms with Gasteiger partial charge in [-0.25, -0.2) is 8.42 Å². The number of hydrogen-bond acceptors (Lipinski definition) is 5. The molecule has 0 aliphatic carbocycles. The summed E-state index contributed by atoms with van der Waals surface area (Å²) in [6.07, 6.45) is -4.54. The van der Waals surface area contributed by atoms with Crippen molar-refractivity contribution >= 4 is 27.5 Å². The summed E-state index contributed by atoms with van der Waals surface area (Å²) in [5, 5.41) is 2.83. The third-order valence-corrected chi connectivity index (χ3v) is 8.42. The summed E-state index contributed by atoms with van der Waals surface area (Å²) in [6.45, 7) is 4.98. The average molecular weight is 620 g/mol. The van der Waals surface area contributed by atoms with Crippen molar-refractivity contribution in [2.24, 2.45) is 5.92 Å². The number of benzene rings is 3. The average Bonchev–Trinajstić information content (AvgIpc) is 2.98. The summed E-state index contributed by atoms with van der Waals surface area (Å²) in [5.41, 5.74) is -0.802. The molecule has 0 unspecified atom stereocenters. The number of nitrogens with one attached hydrogen (secondary N) is 1. The van der Waals surface area contributed by atoms with E-state index in [0.29, 0.717) is 28.2 Å². The van der Waals surface area contributed by atoms with E-state index in [4.69, 9.17) is 4.74 Å². The summed E-state index contributed by atoms with van der Waals surface area (Å²) < 4.78 is 74.4. The normalized spacial score (nSPS) is 12.5. The van der Waals surface area contributed by atoms with Crippen LogP contribution in [0.3, 0.4) is 0 Å². The zero-order valence-electron chi connectivity index (χ0n) is 24.5. The van der Waals surface area contributed by atoms with Crippen LogP contribution in [0.4, 0.5) is 18.9 Å². The Hall–Kier alpha value is -4.06. The number of halogens is 3. The summed E-state index contributed by atoms with van der Waals surface area (Å²) in [4.78, 5) is 28.4. The zero-order valence-corrected chi connectivity index (χ0v) is 25.3. The molecular weight excluding hydrogens is 583 g/mol. The van der Waals surface area contributed by atoms with Crippen LogP contribution in [-0.4, -0.2) is 51.4 Å². The van der Waals surface area contributed by atoms with E-state index in [1.54, 1.807) is 37.3 Å². The minimum Gasteiger partial charge on any atom is -0.497 e. The fourth-order valence-corrected chi connectivity index (χ4v) is 5.82. The lowest BCUT2D eigenvalue weighted by Gasteiger charge is -2.33. The largest absolute Gasteiger partial charge is 0.497 e. The van der Waals surface area contributed by atoms with Crippen molar-refractivity contribution in [3.8, 4) is 5.75 Å². The van der Waals surface area contributed by atoms with Crippen molar-refractivity contribution in [1.29, 1.82) is 0 Å². The van der Waals surface area contributed by atoms with Crippen LogP contribution in [0.5, 0.6) is 5.75 Å². The first-order valence-corrected chi connectivity index (χ1v) is 15.2. The van der Waals surface area contributed by atoms with Crippen molar-refractivity contribution in [2.75, 3.05) is 24.5 Å². The Balaban J connectivity index is 2.10. The van der Waals surface area contributed by atoms with E-state index < -0.39 is 46.2 Å². The molecule has 1 N–H and O–H groups in total. The maximum atomic E-state index is 14.1. The molecule has 43 heavy (non-hydrogen) atoms. The summed E-state index contributed by atoms with van der Waals surface area (Å²) >= 11 is 0. The van der Waals surface area contributed by atoms with Gasteiger partial charge in [0.05, 0.1) is 23.3 Å². The van der Waals surface area contributed by atoms with Gasteiger partial charge in [-0.3, -0.25) is 13.9 Å². The van der Waals surface area contributed by atoms with Crippen molar-refractivity contribution in [3.05, 3.63) is 90.0 Å². The van der Waals surface area contributed by atoms with E-state index >= 15 is 0 Å². The van der Waals surface area contributed by atoms with Gasteiger partial charge in [0.15, 0.2) is 0 Å². The minimum absolute atomic E-state index is 0.0779. The van der Waals surface area contributed by atoms with Crippen LogP contribution in [0.25, 0.3) is 0 Å². The molecule has 0 aliphatic rings. The molecule has 0 saturated carbocycles. The van der Waals surface area contributed by atoms with Gasteiger partial charge in [-0.15, -0.1) is 0 Å². The third kappa shape index (κ3) is 8.73. The van der Waals surface area contributed by atoms with Crippen molar-refractivity contribution in [2.45, 2.75) is 50.9 Å². The number of sulfonamides is 1. The van der Waals surface area contributed by atoms with E-state index in [-0.39, 0.29) is 29.5 Å². The Morgan fingerprint density at radius 1 is 0.953 bits per heavy atom. The standard InChI is InChI=1S/C31H36F3N3O5S/c1-5-28(30(39)35-19-22(2)3)36(20-23-11-9-14-26(17-23)42-4)29(38)21-37(43(40,41)27-15-7-6-8-16-27)25-13-10-12-24(18-25)31(32,33)34/h6-18,22,28H,5,19-21H2,1-4H3,(H,35,39)/t28-/m1/s1. The molecule has 0 aromatic heterocycles. The van der Waals surface area contributed by atoms with E-state index in [1.165, 1.54) is 42.3 Å². The minimum atomic E-state index is -4.75. The van der Waals surface area contributed by atoms with E-state index in [9.17, 15) is 31.2 Å². The lowest BCUT2D eigenvalue weighted by Crippen LogP contribution is -2.52. The Labute approximate surface area is 250 Å². The highest BCUT2D eigenvalue weighted by Gasteiger charge is 2.36. The fraction of sp³-hybridized carbons (Fsp3) is 0.355. The predicted octanol–water partition coefficient (Wildman–Crippen LogP) is 5.49. The molecule has 3 rings (SSSR count). The molecule has 0 saturated heterocycles. The summed E-state index contributed by atoms with van der Waals surface area (Å²) in [7, 11) is -3.02. The van der Waals surface area contributed by atoms with Crippen molar-refractivity contribution < 1.29 is 35.9 Å². The van der Waals surface area contributed by atoms with Crippen LogP contribution >= 0.6 is 0 Å². The van der Waals surface area contributed by atoms with E-state index in [0.717, 1.165) is 12.1 Å². The molecule has 232 valence electrons. The molecule has 0 spiro atoms. The van der Waals surface area contributed by atoms with Crippen LogP contribution in [0.15, 0.2) is 83.8 Å². The number of ether oxygens (including phenoxy) is 1. The van der Waals surface area contributed by atoms with Crippen molar-refractivity contribution in [1.82, 2.24) is 10.2 Å². The maximum absolute atomic E-state index is 14.1. The molecule has 2 amide bonds. The van der Waals surface area contributed by atoms with Gasteiger partial charge in [-0.1, -0.05) is 57.2 Å². The van der Waals surface area contributed by atoms with Gasteiger partial charge in [-0.05, 0) is 60.4 Å². The number of carbonyl (C=O) groups excluding carboxylic acids is 2.